The standard InChI is InChI=1S/C22H23N3O3S/c1-14-21(15(2)25(24-14)17-9-4-3-5-10-17)23-20(26)13-28-22(27)19-12-16-8-6-7-11-18(16)29-19/h3-5,9-10,12H,6-8,11,13H2,1-2H3,(H,23,26). The van der Waals surface area contributed by atoms with Crippen molar-refractivity contribution in [2.45, 2.75) is 39.5 Å². The third kappa shape index (κ3) is 4.10. The number of aromatic nitrogens is 2. The van der Waals surface area contributed by atoms with Crippen LogP contribution in [0.2, 0.25) is 0 Å². The van der Waals surface area contributed by atoms with E-state index in [4.69, 9.17) is 4.74 Å². The molecule has 0 saturated carbocycles. The monoisotopic (exact) mass is 409 g/mol. The van der Waals surface area contributed by atoms with E-state index < -0.39 is 5.97 Å². The van der Waals surface area contributed by atoms with Crippen molar-refractivity contribution in [3.05, 3.63) is 63.1 Å². The molecule has 0 radical (unpaired) electrons. The van der Waals surface area contributed by atoms with E-state index >= 15 is 0 Å². The first-order chi connectivity index (χ1) is 14.0. The van der Waals surface area contributed by atoms with Gasteiger partial charge in [0.2, 0.25) is 0 Å². The topological polar surface area (TPSA) is 73.2 Å². The quantitative estimate of drug-likeness (QED) is 0.640. The number of hydrogen-bond donors (Lipinski definition) is 1. The first-order valence-corrected chi connectivity index (χ1v) is 10.5. The van der Waals surface area contributed by atoms with Crippen LogP contribution in [0.1, 0.15) is 44.3 Å². The van der Waals surface area contributed by atoms with Gasteiger partial charge in [-0.1, -0.05) is 18.2 Å². The second-order valence-corrected chi connectivity index (χ2v) is 8.32. The minimum absolute atomic E-state index is 0.323. The molecule has 6 nitrogen and oxygen atoms in total. The predicted octanol–water partition coefficient (Wildman–Crippen LogP) is 4.22. The third-order valence-electron chi connectivity index (χ3n) is 5.09. The lowest BCUT2D eigenvalue weighted by atomic mass is 9.99. The zero-order valence-corrected chi connectivity index (χ0v) is 17.3. The van der Waals surface area contributed by atoms with Crippen molar-refractivity contribution in [2.75, 3.05) is 11.9 Å². The zero-order valence-electron chi connectivity index (χ0n) is 16.5. The summed E-state index contributed by atoms with van der Waals surface area (Å²) in [6.07, 6.45) is 4.37. The molecule has 1 aromatic carbocycles. The summed E-state index contributed by atoms with van der Waals surface area (Å²) in [7, 11) is 0. The number of fused-ring (bicyclic) bond motifs is 1. The van der Waals surface area contributed by atoms with Crippen molar-refractivity contribution in [1.82, 2.24) is 9.78 Å². The molecular weight excluding hydrogens is 386 g/mol. The lowest BCUT2D eigenvalue weighted by molar-refractivity contribution is -0.119. The SMILES string of the molecule is Cc1nn(-c2ccccc2)c(C)c1NC(=O)COC(=O)c1cc2c(s1)CCCC2. The highest BCUT2D eigenvalue weighted by atomic mass is 32.1. The van der Waals surface area contributed by atoms with Crippen LogP contribution >= 0.6 is 11.3 Å². The van der Waals surface area contributed by atoms with Crippen LogP contribution in [0.4, 0.5) is 5.69 Å². The molecule has 2 heterocycles. The molecule has 0 spiro atoms. The molecule has 0 aliphatic heterocycles. The lowest BCUT2D eigenvalue weighted by Gasteiger charge is -2.08. The number of rotatable bonds is 5. The van der Waals surface area contributed by atoms with Crippen LogP contribution < -0.4 is 5.32 Å². The van der Waals surface area contributed by atoms with Gasteiger partial charge in [0.25, 0.3) is 5.91 Å². The molecule has 0 saturated heterocycles. The third-order valence-corrected chi connectivity index (χ3v) is 6.31. The van der Waals surface area contributed by atoms with Crippen molar-refractivity contribution >= 4 is 28.9 Å². The fourth-order valence-corrected chi connectivity index (χ4v) is 4.76. The smallest absolute Gasteiger partial charge is 0.348 e. The summed E-state index contributed by atoms with van der Waals surface area (Å²) < 4.78 is 7.03. The molecule has 0 atom stereocenters. The Morgan fingerprint density at radius 2 is 1.93 bits per heavy atom. The summed E-state index contributed by atoms with van der Waals surface area (Å²) in [5, 5.41) is 7.34. The molecule has 1 aliphatic rings. The van der Waals surface area contributed by atoms with Crippen LogP contribution in [-0.4, -0.2) is 28.3 Å². The second kappa shape index (κ2) is 8.21. The summed E-state index contributed by atoms with van der Waals surface area (Å²) in [5.74, 6) is -0.813. The summed E-state index contributed by atoms with van der Waals surface area (Å²) in [5.41, 5.74) is 4.33. The number of carbonyl (C=O) groups excluding carboxylic acids is 2. The maximum Gasteiger partial charge on any atom is 0.348 e. The Morgan fingerprint density at radius 1 is 1.17 bits per heavy atom. The number of nitrogens with one attached hydrogen (secondary N) is 1. The number of anilines is 1. The lowest BCUT2D eigenvalue weighted by Crippen LogP contribution is -2.21. The molecule has 1 aliphatic carbocycles. The number of aryl methyl sites for hydroxylation is 3. The minimum atomic E-state index is -0.437. The van der Waals surface area contributed by atoms with Crippen molar-refractivity contribution in [3.63, 3.8) is 0 Å². The largest absolute Gasteiger partial charge is 0.451 e. The zero-order chi connectivity index (χ0) is 20.4. The summed E-state index contributed by atoms with van der Waals surface area (Å²) in [6, 6.07) is 11.6. The van der Waals surface area contributed by atoms with E-state index in [2.05, 4.69) is 10.4 Å². The molecule has 4 rings (SSSR count). The van der Waals surface area contributed by atoms with E-state index in [1.165, 1.54) is 28.2 Å². The molecule has 0 unspecified atom stereocenters. The first kappa shape index (κ1) is 19.4. The second-order valence-electron chi connectivity index (χ2n) is 7.18. The Balaban J connectivity index is 1.39. The van der Waals surface area contributed by atoms with Crippen LogP contribution in [0.25, 0.3) is 5.69 Å². The summed E-state index contributed by atoms with van der Waals surface area (Å²) in [4.78, 5) is 26.6. The van der Waals surface area contributed by atoms with Gasteiger partial charge in [0.1, 0.15) is 4.88 Å². The van der Waals surface area contributed by atoms with E-state index in [1.54, 1.807) is 4.68 Å². The Labute approximate surface area is 173 Å². The molecule has 1 amide bonds. The number of esters is 1. The van der Waals surface area contributed by atoms with Gasteiger partial charge >= 0.3 is 5.97 Å². The van der Waals surface area contributed by atoms with Gasteiger partial charge in [0.15, 0.2) is 6.61 Å². The Morgan fingerprint density at radius 3 is 2.69 bits per heavy atom. The maximum absolute atomic E-state index is 12.4. The number of nitrogens with zero attached hydrogens (tertiary/aromatic N) is 2. The van der Waals surface area contributed by atoms with Gasteiger partial charge in [-0.3, -0.25) is 4.79 Å². The molecule has 150 valence electrons. The van der Waals surface area contributed by atoms with Crippen LogP contribution in [0, 0.1) is 13.8 Å². The molecule has 1 N–H and O–H groups in total. The highest BCUT2D eigenvalue weighted by Crippen LogP contribution is 2.30. The van der Waals surface area contributed by atoms with Gasteiger partial charge in [0, 0.05) is 4.88 Å². The molecule has 7 heteroatoms. The Kier molecular flexibility index (Phi) is 5.49. The molecule has 2 aromatic heterocycles. The Bertz CT molecular complexity index is 1030. The number of hydrogen-bond acceptors (Lipinski definition) is 5. The molecule has 0 fully saturated rings. The van der Waals surface area contributed by atoms with Crippen molar-refractivity contribution in [3.8, 4) is 5.69 Å². The normalized spacial score (nSPS) is 13.0. The van der Waals surface area contributed by atoms with Crippen molar-refractivity contribution < 1.29 is 14.3 Å². The van der Waals surface area contributed by atoms with Crippen LogP contribution in [0.15, 0.2) is 36.4 Å². The number of thiophene rings is 1. The van der Waals surface area contributed by atoms with E-state index in [-0.39, 0.29) is 12.5 Å². The number of benzene rings is 1. The maximum atomic E-state index is 12.4. The van der Waals surface area contributed by atoms with E-state index in [0.717, 1.165) is 30.6 Å². The highest BCUT2D eigenvalue weighted by molar-refractivity contribution is 7.14. The fourth-order valence-electron chi connectivity index (χ4n) is 3.61. The van der Waals surface area contributed by atoms with Gasteiger partial charge in [-0.2, -0.15) is 5.10 Å². The molecular formula is C22H23N3O3S. The van der Waals surface area contributed by atoms with Gasteiger partial charge in [-0.15, -0.1) is 11.3 Å². The number of carbonyl (C=O) groups is 2. The van der Waals surface area contributed by atoms with Gasteiger partial charge in [-0.05, 0) is 63.3 Å². The van der Waals surface area contributed by atoms with Crippen molar-refractivity contribution in [2.24, 2.45) is 0 Å². The summed E-state index contributed by atoms with van der Waals surface area (Å²) in [6.45, 7) is 3.41. The van der Waals surface area contributed by atoms with Gasteiger partial charge < -0.3 is 10.1 Å². The minimum Gasteiger partial charge on any atom is -0.451 e. The fraction of sp³-hybridized carbons (Fsp3) is 0.318. The van der Waals surface area contributed by atoms with E-state index in [9.17, 15) is 9.59 Å². The van der Waals surface area contributed by atoms with Crippen molar-refractivity contribution in [1.29, 1.82) is 0 Å². The van der Waals surface area contributed by atoms with Crippen LogP contribution in [0.5, 0.6) is 0 Å². The average molecular weight is 410 g/mol. The van der Waals surface area contributed by atoms with Crippen LogP contribution in [-0.2, 0) is 22.4 Å². The number of amides is 1. The van der Waals surface area contributed by atoms with Crippen LogP contribution in [0.3, 0.4) is 0 Å². The number of para-hydroxylation sites is 1. The first-order valence-electron chi connectivity index (χ1n) is 9.73. The average Bonchev–Trinajstić information content (AvgIpc) is 3.29. The Hall–Kier alpha value is -2.93. The number of ether oxygens (including phenoxy) is 1. The summed E-state index contributed by atoms with van der Waals surface area (Å²) >= 11 is 1.49. The van der Waals surface area contributed by atoms with E-state index in [0.29, 0.717) is 16.3 Å². The van der Waals surface area contributed by atoms with Gasteiger partial charge in [-0.25, -0.2) is 9.48 Å². The van der Waals surface area contributed by atoms with E-state index in [1.807, 2.05) is 50.2 Å². The highest BCUT2D eigenvalue weighted by Gasteiger charge is 2.20. The molecule has 0 bridgehead atoms. The van der Waals surface area contributed by atoms with Gasteiger partial charge in [0.05, 0.1) is 22.8 Å². The predicted molar refractivity (Wildman–Crippen MR) is 113 cm³/mol. The molecule has 3 aromatic rings. The molecule has 29 heavy (non-hydrogen) atoms.